The molecule has 1 aliphatic heterocycles. The van der Waals surface area contributed by atoms with Crippen molar-refractivity contribution >= 4 is 67.3 Å². The van der Waals surface area contributed by atoms with E-state index in [0.717, 1.165) is 4.90 Å². The quantitative estimate of drug-likeness (QED) is 0.221. The van der Waals surface area contributed by atoms with E-state index in [4.69, 9.17) is 20.5 Å². The second-order valence-corrected chi connectivity index (χ2v) is 10.6. The van der Waals surface area contributed by atoms with E-state index >= 15 is 0 Å². The molecule has 0 radical (unpaired) electrons. The molecule has 0 saturated carbocycles. The van der Waals surface area contributed by atoms with Gasteiger partial charge in [-0.1, -0.05) is 11.6 Å². The predicted octanol–water partition coefficient (Wildman–Crippen LogP) is 4.64. The molecule has 1 aliphatic rings. The van der Waals surface area contributed by atoms with Crippen molar-refractivity contribution in [3.8, 4) is 17.2 Å². The molecule has 196 valence electrons. The fourth-order valence-corrected chi connectivity index (χ4v) is 5.17. The Morgan fingerprint density at radius 2 is 1.71 bits per heavy atom. The van der Waals surface area contributed by atoms with E-state index in [1.165, 1.54) is 66.7 Å². The van der Waals surface area contributed by atoms with Crippen molar-refractivity contribution in [1.82, 2.24) is 5.32 Å². The first-order chi connectivity index (χ1) is 18.0. The monoisotopic (exact) mass is 620 g/mol. The number of imide groups is 2. The number of nitrogens with zero attached hydrogens (tertiary/aromatic N) is 1. The molecule has 4 amide bonds. The Balaban J connectivity index is 1.72. The zero-order chi connectivity index (χ0) is 27.6. The number of aromatic hydroxyl groups is 1. The number of phenolic OH excluding ortho intramolecular Hbond substituents is 1. The molecular weight excluding hydrogens is 604 g/mol. The number of ether oxygens (including phenoxy) is 1. The van der Waals surface area contributed by atoms with Crippen molar-refractivity contribution < 1.29 is 36.8 Å². The van der Waals surface area contributed by atoms with Crippen LogP contribution in [0.4, 0.5) is 10.5 Å². The van der Waals surface area contributed by atoms with Gasteiger partial charge < -0.3 is 14.0 Å². The second-order valence-electron chi connectivity index (χ2n) is 7.73. The Labute approximate surface area is 230 Å². The van der Waals surface area contributed by atoms with E-state index in [1.807, 2.05) is 0 Å². The Kier molecular flexibility index (Phi) is 7.76. The molecular formula is C25H18BrClN2O8S. The Hall–Kier alpha value is -3.87. The lowest BCUT2D eigenvalue weighted by atomic mass is 10.1. The number of hydrogen-bond donors (Lipinski definition) is 2. The van der Waals surface area contributed by atoms with Crippen LogP contribution in [0.2, 0.25) is 5.02 Å². The summed E-state index contributed by atoms with van der Waals surface area (Å²) in [5.74, 6) is -2.02. The average molecular weight is 622 g/mol. The number of barbiturate groups is 1. The van der Waals surface area contributed by atoms with Gasteiger partial charge >= 0.3 is 16.1 Å². The highest BCUT2D eigenvalue weighted by Gasteiger charge is 2.37. The van der Waals surface area contributed by atoms with Gasteiger partial charge in [0, 0.05) is 5.02 Å². The van der Waals surface area contributed by atoms with Gasteiger partial charge in [-0.15, -0.1) is 0 Å². The minimum absolute atomic E-state index is 0.0152. The number of amides is 4. The number of hydrogen-bond acceptors (Lipinski definition) is 8. The maximum absolute atomic E-state index is 13.1. The van der Waals surface area contributed by atoms with Crippen molar-refractivity contribution in [3.63, 3.8) is 0 Å². The first-order valence-corrected chi connectivity index (χ1v) is 13.4. The molecule has 38 heavy (non-hydrogen) atoms. The van der Waals surface area contributed by atoms with Crippen LogP contribution in [0.1, 0.15) is 12.5 Å². The molecule has 3 aromatic rings. The number of benzene rings is 3. The maximum Gasteiger partial charge on any atom is 0.339 e. The lowest BCUT2D eigenvalue weighted by molar-refractivity contribution is -0.122. The van der Waals surface area contributed by atoms with E-state index < -0.39 is 28.0 Å². The van der Waals surface area contributed by atoms with Crippen molar-refractivity contribution in [2.75, 3.05) is 11.5 Å². The van der Waals surface area contributed by atoms with Crippen LogP contribution < -0.4 is 19.1 Å². The summed E-state index contributed by atoms with van der Waals surface area (Å²) < 4.78 is 36.7. The van der Waals surface area contributed by atoms with Crippen LogP contribution in [-0.4, -0.2) is 38.0 Å². The van der Waals surface area contributed by atoms with Crippen LogP contribution in [0, 0.1) is 0 Å². The third-order valence-corrected chi connectivity index (χ3v) is 7.22. The normalized spacial score (nSPS) is 15.0. The third-order valence-electron chi connectivity index (χ3n) is 5.15. The number of carbonyl (C=O) groups excluding carboxylic acids is 3. The first kappa shape index (κ1) is 27.2. The summed E-state index contributed by atoms with van der Waals surface area (Å²) in [6, 6.07) is 12.5. The lowest BCUT2D eigenvalue weighted by Crippen LogP contribution is -2.54. The molecule has 1 heterocycles. The number of urea groups is 1. The maximum atomic E-state index is 13.1. The smallest absolute Gasteiger partial charge is 0.339 e. The molecule has 1 saturated heterocycles. The molecule has 10 nitrogen and oxygen atoms in total. The van der Waals surface area contributed by atoms with Crippen molar-refractivity contribution in [1.29, 1.82) is 0 Å². The standard InChI is InChI=1S/C25H18BrClN2O8S/c1-2-36-21-13-14(12-20(26)22(21)37-38(34,35)18-9-3-15(27)4-10-18)11-19-23(31)28-25(33)29(24(19)32)16-5-7-17(30)8-6-16/h3-13,30H,2H2,1H3,(H,28,31,33)/b19-11+. The molecule has 0 atom stereocenters. The SMILES string of the molecule is CCOc1cc(/C=C2\C(=O)NC(=O)N(c3ccc(O)cc3)C2=O)cc(Br)c1OS(=O)(=O)c1ccc(Cl)cc1. The first-order valence-electron chi connectivity index (χ1n) is 10.9. The molecule has 0 unspecified atom stereocenters. The Morgan fingerprint density at radius 3 is 2.34 bits per heavy atom. The molecule has 13 heteroatoms. The molecule has 0 bridgehead atoms. The summed E-state index contributed by atoms with van der Waals surface area (Å²) in [5, 5.41) is 12.0. The fraction of sp³-hybridized carbons (Fsp3) is 0.0800. The van der Waals surface area contributed by atoms with Gasteiger partial charge in [-0.05, 0) is 95.2 Å². The Bertz CT molecular complexity index is 1570. The molecule has 0 spiro atoms. The van der Waals surface area contributed by atoms with Gasteiger partial charge in [0.2, 0.25) is 0 Å². The summed E-state index contributed by atoms with van der Waals surface area (Å²) in [4.78, 5) is 38.7. The summed E-state index contributed by atoms with van der Waals surface area (Å²) in [7, 11) is -4.26. The average Bonchev–Trinajstić information content (AvgIpc) is 2.85. The molecule has 2 N–H and O–H groups in total. The number of carbonyl (C=O) groups is 3. The fourth-order valence-electron chi connectivity index (χ4n) is 3.43. The molecule has 4 rings (SSSR count). The van der Waals surface area contributed by atoms with Crippen LogP contribution in [0.3, 0.4) is 0 Å². The van der Waals surface area contributed by atoms with E-state index in [2.05, 4.69) is 21.2 Å². The van der Waals surface area contributed by atoms with Gasteiger partial charge in [-0.2, -0.15) is 8.42 Å². The number of anilines is 1. The number of phenols is 1. The van der Waals surface area contributed by atoms with Gasteiger partial charge in [0.05, 0.1) is 16.8 Å². The zero-order valence-corrected chi connectivity index (χ0v) is 22.6. The van der Waals surface area contributed by atoms with Gasteiger partial charge in [0.25, 0.3) is 11.8 Å². The highest BCUT2D eigenvalue weighted by atomic mass is 79.9. The molecule has 3 aromatic carbocycles. The molecule has 1 fully saturated rings. The van der Waals surface area contributed by atoms with Crippen LogP contribution in [0.5, 0.6) is 17.2 Å². The largest absolute Gasteiger partial charge is 0.508 e. The van der Waals surface area contributed by atoms with Crippen molar-refractivity contribution in [2.45, 2.75) is 11.8 Å². The highest BCUT2D eigenvalue weighted by molar-refractivity contribution is 9.10. The topological polar surface area (TPSA) is 139 Å². The molecule has 0 aliphatic carbocycles. The van der Waals surface area contributed by atoms with E-state index in [1.54, 1.807) is 6.92 Å². The predicted molar refractivity (Wildman–Crippen MR) is 142 cm³/mol. The van der Waals surface area contributed by atoms with Gasteiger partial charge in [-0.25, -0.2) is 9.69 Å². The highest BCUT2D eigenvalue weighted by Crippen LogP contribution is 2.39. The van der Waals surface area contributed by atoms with Gasteiger partial charge in [0.15, 0.2) is 11.5 Å². The molecule has 0 aromatic heterocycles. The minimum Gasteiger partial charge on any atom is -0.508 e. The number of halogens is 2. The van der Waals surface area contributed by atoms with Crippen LogP contribution in [0.25, 0.3) is 6.08 Å². The van der Waals surface area contributed by atoms with Crippen LogP contribution >= 0.6 is 27.5 Å². The third kappa shape index (κ3) is 5.67. The van der Waals surface area contributed by atoms with Crippen LogP contribution in [-0.2, 0) is 19.7 Å². The Morgan fingerprint density at radius 1 is 1.05 bits per heavy atom. The van der Waals surface area contributed by atoms with E-state index in [-0.39, 0.29) is 50.0 Å². The van der Waals surface area contributed by atoms with Gasteiger partial charge in [0.1, 0.15) is 16.2 Å². The summed E-state index contributed by atoms with van der Waals surface area (Å²) >= 11 is 9.11. The number of nitrogens with one attached hydrogen (secondary N) is 1. The van der Waals surface area contributed by atoms with Crippen LogP contribution in [0.15, 0.2) is 75.6 Å². The van der Waals surface area contributed by atoms with Crippen molar-refractivity contribution in [2.24, 2.45) is 0 Å². The lowest BCUT2D eigenvalue weighted by Gasteiger charge is -2.26. The summed E-state index contributed by atoms with van der Waals surface area (Å²) in [5.41, 5.74) is 0.0422. The summed E-state index contributed by atoms with van der Waals surface area (Å²) in [6.07, 6.45) is 1.22. The summed E-state index contributed by atoms with van der Waals surface area (Å²) in [6.45, 7) is 1.82. The number of rotatable bonds is 7. The minimum atomic E-state index is -4.26. The van der Waals surface area contributed by atoms with E-state index in [9.17, 15) is 27.9 Å². The van der Waals surface area contributed by atoms with E-state index in [0.29, 0.717) is 5.02 Å². The van der Waals surface area contributed by atoms with Crippen molar-refractivity contribution in [3.05, 3.63) is 81.3 Å². The zero-order valence-electron chi connectivity index (χ0n) is 19.5. The van der Waals surface area contributed by atoms with Gasteiger partial charge in [-0.3, -0.25) is 14.9 Å². The second kappa shape index (κ2) is 10.9.